The summed E-state index contributed by atoms with van der Waals surface area (Å²) in [6.07, 6.45) is 1.38. The molecule has 8 heteroatoms. The van der Waals surface area contributed by atoms with Crippen LogP contribution >= 0.6 is 0 Å². The van der Waals surface area contributed by atoms with Crippen LogP contribution in [0.15, 0.2) is 12.4 Å². The first kappa shape index (κ1) is 16.3. The molecule has 0 aliphatic carbocycles. The normalized spacial score (nSPS) is 24.7. The van der Waals surface area contributed by atoms with Crippen molar-refractivity contribution in [2.24, 2.45) is 0 Å². The van der Waals surface area contributed by atoms with Gasteiger partial charge in [0.1, 0.15) is 17.7 Å². The molecule has 0 bridgehead atoms. The Morgan fingerprint density at radius 2 is 1.68 bits per heavy atom. The van der Waals surface area contributed by atoms with Gasteiger partial charge in [0, 0.05) is 25.2 Å². The second kappa shape index (κ2) is 6.61. The molecule has 25 heavy (non-hydrogen) atoms. The Hall–Kier alpha value is -2.19. The van der Waals surface area contributed by atoms with Crippen LogP contribution in [0.5, 0.6) is 5.88 Å². The number of aromatic nitrogens is 3. The maximum atomic E-state index is 10.2. The van der Waals surface area contributed by atoms with E-state index in [0.29, 0.717) is 37.5 Å². The lowest BCUT2D eigenvalue weighted by molar-refractivity contribution is 0.0981. The van der Waals surface area contributed by atoms with E-state index >= 15 is 0 Å². The predicted octanol–water partition coefficient (Wildman–Crippen LogP) is 1.18. The highest BCUT2D eigenvalue weighted by molar-refractivity contribution is 5.92. The summed E-state index contributed by atoms with van der Waals surface area (Å²) in [5.74, 6) is 0.733. The van der Waals surface area contributed by atoms with Crippen molar-refractivity contribution >= 4 is 22.5 Å². The fourth-order valence-electron chi connectivity index (χ4n) is 3.52. The fraction of sp³-hybridized carbons (Fsp3) is 0.588. The van der Waals surface area contributed by atoms with E-state index in [9.17, 15) is 5.11 Å². The summed E-state index contributed by atoms with van der Waals surface area (Å²) in [4.78, 5) is 17.5. The highest BCUT2D eigenvalue weighted by atomic mass is 16.5. The Morgan fingerprint density at radius 1 is 1.00 bits per heavy atom. The summed E-state index contributed by atoms with van der Waals surface area (Å²) < 4.78 is 11.1. The third kappa shape index (κ3) is 2.96. The number of aromatic hydroxyl groups is 1. The molecule has 2 aliphatic heterocycles. The van der Waals surface area contributed by atoms with Crippen molar-refractivity contribution in [2.45, 2.75) is 25.9 Å². The van der Waals surface area contributed by atoms with Crippen LogP contribution in [0.3, 0.4) is 0 Å². The molecule has 4 rings (SSSR count). The Bertz CT molecular complexity index is 771. The summed E-state index contributed by atoms with van der Waals surface area (Å²) in [5.41, 5.74) is 2.07. The zero-order valence-electron chi connectivity index (χ0n) is 14.6. The van der Waals surface area contributed by atoms with Gasteiger partial charge in [-0.15, -0.1) is 0 Å². The van der Waals surface area contributed by atoms with Gasteiger partial charge in [-0.05, 0) is 13.8 Å². The third-order valence-electron chi connectivity index (χ3n) is 4.88. The van der Waals surface area contributed by atoms with E-state index in [1.54, 1.807) is 0 Å². The van der Waals surface area contributed by atoms with Gasteiger partial charge in [0.05, 0.1) is 38.2 Å². The number of nitrogens with zero attached hydrogens (tertiary/aromatic N) is 5. The molecule has 0 aromatic carbocycles. The van der Waals surface area contributed by atoms with E-state index in [-0.39, 0.29) is 18.0 Å². The molecule has 2 aliphatic rings. The van der Waals surface area contributed by atoms with E-state index < -0.39 is 0 Å². The smallest absolute Gasteiger partial charge is 0.241 e. The molecule has 2 aromatic rings. The van der Waals surface area contributed by atoms with Crippen LogP contribution in [0.1, 0.15) is 13.8 Å². The van der Waals surface area contributed by atoms with E-state index in [1.807, 2.05) is 0 Å². The molecule has 2 saturated heterocycles. The standard InChI is InChI=1S/C17H23N5O3/c1-11-8-24-5-3-21(11)13-7-14(22-4-6-25-9-12(22)2)20-16-15(13)18-10-19-17(16)23/h7,10-12H,3-6,8-9H2,1-2H3,(H,18,19,23)/t11-,12-/m1/s1. The van der Waals surface area contributed by atoms with Gasteiger partial charge < -0.3 is 24.4 Å². The highest BCUT2D eigenvalue weighted by Gasteiger charge is 2.27. The number of hydrogen-bond donors (Lipinski definition) is 1. The Kier molecular flexibility index (Phi) is 4.30. The van der Waals surface area contributed by atoms with Gasteiger partial charge >= 0.3 is 0 Å². The number of anilines is 2. The van der Waals surface area contributed by atoms with Crippen molar-refractivity contribution in [2.75, 3.05) is 49.3 Å². The zero-order valence-corrected chi connectivity index (χ0v) is 14.6. The minimum absolute atomic E-state index is 0.0880. The number of morpholine rings is 2. The van der Waals surface area contributed by atoms with Crippen LogP contribution in [-0.4, -0.2) is 71.7 Å². The monoisotopic (exact) mass is 345 g/mol. The minimum atomic E-state index is -0.0880. The maximum Gasteiger partial charge on any atom is 0.241 e. The van der Waals surface area contributed by atoms with Crippen molar-refractivity contribution in [3.8, 4) is 5.88 Å². The van der Waals surface area contributed by atoms with Crippen LogP contribution in [0.25, 0.3) is 11.0 Å². The van der Waals surface area contributed by atoms with Crippen LogP contribution in [0, 0.1) is 0 Å². The fourth-order valence-corrected chi connectivity index (χ4v) is 3.52. The van der Waals surface area contributed by atoms with Crippen molar-refractivity contribution < 1.29 is 14.6 Å². The number of pyridine rings is 1. The second-order valence-corrected chi connectivity index (χ2v) is 6.63. The topological polar surface area (TPSA) is 83.8 Å². The average molecular weight is 345 g/mol. The molecule has 2 atom stereocenters. The minimum Gasteiger partial charge on any atom is -0.492 e. The predicted molar refractivity (Wildman–Crippen MR) is 94.3 cm³/mol. The van der Waals surface area contributed by atoms with Crippen LogP contribution in [-0.2, 0) is 9.47 Å². The van der Waals surface area contributed by atoms with Crippen LogP contribution in [0.4, 0.5) is 11.5 Å². The molecular weight excluding hydrogens is 322 g/mol. The van der Waals surface area contributed by atoms with Crippen molar-refractivity contribution in [3.05, 3.63) is 12.4 Å². The van der Waals surface area contributed by atoms with Crippen LogP contribution in [0.2, 0.25) is 0 Å². The van der Waals surface area contributed by atoms with Gasteiger partial charge in [-0.1, -0.05) is 0 Å². The molecule has 134 valence electrons. The molecule has 8 nitrogen and oxygen atoms in total. The number of fused-ring (bicyclic) bond motifs is 1. The zero-order chi connectivity index (χ0) is 17.4. The number of hydrogen-bond acceptors (Lipinski definition) is 8. The van der Waals surface area contributed by atoms with E-state index in [1.165, 1.54) is 6.33 Å². The average Bonchev–Trinajstić information content (AvgIpc) is 2.62. The lowest BCUT2D eigenvalue weighted by Gasteiger charge is -2.38. The molecular formula is C17H23N5O3. The molecule has 4 heterocycles. The van der Waals surface area contributed by atoms with Crippen molar-refractivity contribution in [1.82, 2.24) is 15.0 Å². The largest absolute Gasteiger partial charge is 0.492 e. The van der Waals surface area contributed by atoms with Gasteiger partial charge in [-0.25, -0.2) is 15.0 Å². The lowest BCUT2D eigenvalue weighted by Crippen LogP contribution is -2.45. The van der Waals surface area contributed by atoms with E-state index in [2.05, 4.69) is 44.7 Å². The molecule has 0 unspecified atom stereocenters. The van der Waals surface area contributed by atoms with E-state index in [0.717, 1.165) is 24.6 Å². The van der Waals surface area contributed by atoms with Gasteiger partial charge in [0.15, 0.2) is 5.52 Å². The highest BCUT2D eigenvalue weighted by Crippen LogP contribution is 2.34. The maximum absolute atomic E-state index is 10.2. The first-order valence-electron chi connectivity index (χ1n) is 8.68. The molecule has 0 radical (unpaired) electrons. The van der Waals surface area contributed by atoms with Crippen LogP contribution < -0.4 is 9.80 Å². The molecule has 0 spiro atoms. The summed E-state index contributed by atoms with van der Waals surface area (Å²) in [7, 11) is 0. The van der Waals surface area contributed by atoms with Crippen molar-refractivity contribution in [1.29, 1.82) is 0 Å². The van der Waals surface area contributed by atoms with Crippen molar-refractivity contribution in [3.63, 3.8) is 0 Å². The number of rotatable bonds is 2. The second-order valence-electron chi connectivity index (χ2n) is 6.63. The van der Waals surface area contributed by atoms with E-state index in [4.69, 9.17) is 9.47 Å². The Morgan fingerprint density at radius 3 is 2.36 bits per heavy atom. The Labute approximate surface area is 146 Å². The molecule has 0 saturated carbocycles. The quantitative estimate of drug-likeness (QED) is 0.869. The summed E-state index contributed by atoms with van der Waals surface area (Å²) in [6, 6.07) is 2.52. The molecule has 1 N–H and O–H groups in total. The first-order chi connectivity index (χ1) is 12.1. The Balaban J connectivity index is 1.86. The van der Waals surface area contributed by atoms with Gasteiger partial charge in [0.2, 0.25) is 5.88 Å². The third-order valence-corrected chi connectivity index (χ3v) is 4.88. The molecule has 2 aromatic heterocycles. The molecule has 2 fully saturated rings. The van der Waals surface area contributed by atoms with Gasteiger partial charge in [0.25, 0.3) is 0 Å². The summed E-state index contributed by atoms with van der Waals surface area (Å²) in [6.45, 7) is 8.48. The summed E-state index contributed by atoms with van der Waals surface area (Å²) >= 11 is 0. The number of ether oxygens (including phenoxy) is 2. The first-order valence-corrected chi connectivity index (χ1v) is 8.68. The van der Waals surface area contributed by atoms with Gasteiger partial charge in [-0.3, -0.25) is 0 Å². The summed E-state index contributed by atoms with van der Waals surface area (Å²) in [5, 5.41) is 10.2. The SMILES string of the molecule is C[C@@H]1COCCN1c1cc(N2CCOC[C@H]2C)c2ncnc(O)c2n1. The van der Waals surface area contributed by atoms with Gasteiger partial charge in [-0.2, -0.15) is 0 Å². The molecule has 0 amide bonds. The lowest BCUT2D eigenvalue weighted by atomic mass is 10.1.